The number of hydrogen-bond acceptors (Lipinski definition) is 37. The molecule has 12 rings (SSSR count). The summed E-state index contributed by atoms with van der Waals surface area (Å²) in [4.78, 5) is 225. The lowest BCUT2D eigenvalue weighted by molar-refractivity contribution is -0.0576. The minimum atomic E-state index is -4.72. The topological polar surface area (TPSA) is 640 Å². The smallest absolute Gasteiger partial charge is 0.351 e. The standard InChI is InChI=1S/C60H82N14O34P6S6/c1-25-14-69(55(79)63-49(25)61)45-10-34(39(99-45)21-92-110(87,116)104-32-8-43(97-31(32)7)71-16-27(3)51(75)65-57(71)81)105-112(89,118)95-24-42-37(13-48(102-42)74-19-30(6)54(78)68-60(74)84)108-114(91,120)94-22-40-35(11-46(100-40)70-15-26(2)50(62)64-56(70)80)106-113(90,119)96-23-41-36(12-47(101-41)73-18-29(5)53(77)67-59(73)83)107-111(88,117)93-20-38-33(103-109(85,86)115)9-44(98-38)72-17-28(4)52(76)66-58(72)82/h14-19,31-48H,8-13,20-24H2,1-7H3,(H,87,116)(H,88,117)(H,89,118)(H,90,119)(H,91,120)(H2,61,63,79)(H2,62,64,80)(H,65,75,81)(H,66,76,82)(H,67,77,83)(H,68,78,84)(H2,85,86,115)/t31-,32?,33?,34?,35?,36?,37?,38-,39-,40-,41-,42-,43-,44-,45-,46-,47-,48-,110?,111?,112?,113?,114?/m1/s1. The van der Waals surface area contributed by atoms with Crippen LogP contribution >= 0.6 is 40.3 Å². The Balaban J connectivity index is 0.742. The molecule has 0 aliphatic carbocycles. The summed E-state index contributed by atoms with van der Waals surface area (Å²) in [5.74, 6) is -0.218. The van der Waals surface area contributed by atoms with Gasteiger partial charge in [-0.05, 0) is 119 Å². The summed E-state index contributed by atoms with van der Waals surface area (Å²) < 4.78 is 108. The van der Waals surface area contributed by atoms with Crippen LogP contribution in [0.1, 0.15) is 116 Å². The average molecular weight is 1920 g/mol. The number of H-pyrrole nitrogens is 4. The quantitative estimate of drug-likeness (QED) is 0.0223. The maximum atomic E-state index is 13.5. The highest BCUT2D eigenvalue weighted by atomic mass is 32.5. The summed E-state index contributed by atoms with van der Waals surface area (Å²) in [5, 5.41) is 0. The highest BCUT2D eigenvalue weighted by Gasteiger charge is 2.50. The number of nitrogens with zero attached hydrogens (tertiary/aromatic N) is 8. The molecule has 6 aliphatic heterocycles. The second-order valence-corrected chi connectivity index (χ2v) is 45.0. The zero-order valence-electron chi connectivity index (χ0n) is 63.7. The van der Waals surface area contributed by atoms with Crippen LogP contribution in [0.3, 0.4) is 0 Å². The van der Waals surface area contributed by atoms with Gasteiger partial charge in [0.05, 0.1) is 75.8 Å². The Bertz CT molecular complexity index is 5870. The molecule has 0 bridgehead atoms. The number of aromatic nitrogens is 12. The highest BCUT2D eigenvalue weighted by molar-refractivity contribution is 8.08. The van der Waals surface area contributed by atoms with E-state index in [4.69, 9.17) is 160 Å². The first-order chi connectivity index (χ1) is 55.9. The molecule has 0 amide bonds. The van der Waals surface area contributed by atoms with Crippen LogP contribution in [0.25, 0.3) is 0 Å². The van der Waals surface area contributed by atoms with E-state index >= 15 is 0 Å². The molecule has 0 aromatic carbocycles. The minimum Gasteiger partial charge on any atom is -0.383 e. The average Bonchev–Trinajstić information content (AvgIpc) is 1.67. The third kappa shape index (κ3) is 23.2. The highest BCUT2D eigenvalue weighted by Crippen LogP contribution is 2.57. The third-order valence-electron chi connectivity index (χ3n) is 19.6. The van der Waals surface area contributed by atoms with Crippen molar-refractivity contribution in [2.45, 2.75) is 198 Å². The van der Waals surface area contributed by atoms with E-state index in [9.17, 15) is 82.2 Å². The molecular weight excluding hydrogens is 1840 g/mol. The van der Waals surface area contributed by atoms with Crippen LogP contribution < -0.4 is 67.8 Å². The molecule has 0 radical (unpaired) electrons. The normalized spacial score (nSPS) is 29.6. The van der Waals surface area contributed by atoms with E-state index in [2.05, 4.69) is 29.9 Å². The maximum absolute atomic E-state index is 13.5. The first-order valence-electron chi connectivity index (χ1n) is 35.9. The number of nitrogens with two attached hydrogens (primary N) is 2. The first-order valence-corrected chi connectivity index (χ1v) is 51.5. The van der Waals surface area contributed by atoms with Crippen molar-refractivity contribution in [2.24, 2.45) is 0 Å². The molecule has 6 aliphatic rings. The molecule has 60 heteroatoms. The lowest BCUT2D eigenvalue weighted by Crippen LogP contribution is -2.33. The van der Waals surface area contributed by atoms with Crippen LogP contribution in [0.4, 0.5) is 11.6 Å². The number of aromatic amines is 4. The molecule has 6 saturated heterocycles. The van der Waals surface area contributed by atoms with Gasteiger partial charge in [0, 0.05) is 109 Å². The van der Waals surface area contributed by atoms with E-state index in [-0.39, 0.29) is 72.4 Å². The molecule has 0 spiro atoms. The summed E-state index contributed by atoms with van der Waals surface area (Å²) in [6.07, 6.45) is -17.8. The van der Waals surface area contributed by atoms with Gasteiger partial charge in [0.25, 0.3) is 22.2 Å². The van der Waals surface area contributed by atoms with Gasteiger partial charge in [-0.3, -0.25) is 66.5 Å². The molecule has 23 atom stereocenters. The van der Waals surface area contributed by atoms with Crippen molar-refractivity contribution in [1.82, 2.24) is 57.3 Å². The first kappa shape index (κ1) is 94.2. The molecule has 6 aromatic rings. The minimum absolute atomic E-state index is 0.0398. The lowest BCUT2D eigenvalue weighted by atomic mass is 10.2. The van der Waals surface area contributed by atoms with Crippen LogP contribution in [0, 0.1) is 41.5 Å². The molecule has 11 unspecified atom stereocenters. The number of hydrogen-bond donors (Lipinski definition) is 13. The molecule has 48 nitrogen and oxygen atoms in total. The lowest BCUT2D eigenvalue weighted by Gasteiger charge is -2.28. The van der Waals surface area contributed by atoms with Gasteiger partial charge in [0.2, 0.25) is 0 Å². The van der Waals surface area contributed by atoms with Crippen molar-refractivity contribution < 1.29 is 112 Å². The summed E-state index contributed by atoms with van der Waals surface area (Å²) in [7, 11) is 0. The molecular formula is C60H82N14O34P6S6. The fourth-order valence-electron chi connectivity index (χ4n) is 13.5. The third-order valence-corrected chi connectivity index (χ3v) is 28.4. The van der Waals surface area contributed by atoms with E-state index in [0.717, 1.165) is 27.4 Å². The Morgan fingerprint density at radius 1 is 0.350 bits per heavy atom. The predicted molar refractivity (Wildman–Crippen MR) is 437 cm³/mol. The zero-order valence-corrected chi connectivity index (χ0v) is 73.9. The molecule has 6 fully saturated rings. The van der Waals surface area contributed by atoms with Crippen molar-refractivity contribution in [3.63, 3.8) is 0 Å². The maximum Gasteiger partial charge on any atom is 0.351 e. The van der Waals surface area contributed by atoms with Gasteiger partial charge >= 0.3 is 74.5 Å². The Kier molecular flexibility index (Phi) is 29.4. The Hall–Kier alpha value is -4.98. The molecule has 15 N–H and O–H groups in total. The van der Waals surface area contributed by atoms with Crippen LogP contribution in [-0.4, -0.2) is 198 Å². The summed E-state index contributed by atoms with van der Waals surface area (Å²) in [6, 6.07) is 0. The second-order valence-electron chi connectivity index (χ2n) is 28.4. The van der Waals surface area contributed by atoms with Crippen molar-refractivity contribution in [1.29, 1.82) is 0 Å². The van der Waals surface area contributed by atoms with E-state index in [1.807, 2.05) is 0 Å². The fourth-order valence-corrected chi connectivity index (χ4v) is 21.9. The molecule has 0 saturated carbocycles. The van der Waals surface area contributed by atoms with Crippen LogP contribution in [0.15, 0.2) is 85.1 Å². The Morgan fingerprint density at radius 3 is 0.808 bits per heavy atom. The molecule has 6 aromatic heterocycles. The number of ether oxygens (including phenoxy) is 6. The van der Waals surface area contributed by atoms with Gasteiger partial charge in [0.15, 0.2) is 0 Å². The SMILES string of the molecule is Cc1cn([C@H]2CC(OP(O)(=S)OC[C@H]3O[C@@H](n4cc(C)c(=O)[nH]c4=O)CC3OP(O)(=S)OC[C@H]3O[C@@H](n4cc(C)c(N)nc4=O)CC3OP(O)(=S)OC[C@H]3O[C@@H](n4cc(C)c(=O)[nH]c4=O)CC3OP(O)(=S)OC[C@H]3O[C@@H](n4cc(C)c(=O)[nH]c4=O)CC3OP(O)(O)=S)[C@@H](COP(O)(=S)OC3C[C@H](n4cc(C)c(=O)[nH]c4=O)O[C@@H]3C)O2)c(=O)nc1N. The number of anilines is 2. The van der Waals surface area contributed by atoms with E-state index in [0.29, 0.717) is 11.1 Å². The van der Waals surface area contributed by atoms with Gasteiger partial charge < -0.3 is 124 Å². The van der Waals surface area contributed by atoms with Crippen molar-refractivity contribution in [3.8, 4) is 0 Å². The van der Waals surface area contributed by atoms with Gasteiger partial charge in [-0.1, -0.05) is 0 Å². The summed E-state index contributed by atoms with van der Waals surface area (Å²) in [5.41, 5.74) is 4.87. The molecule has 12 heterocycles. The summed E-state index contributed by atoms with van der Waals surface area (Å²) in [6.45, 7) is -20.8. The number of aryl methyl sites for hydroxylation is 6. The van der Waals surface area contributed by atoms with E-state index in [1.54, 1.807) is 13.8 Å². The van der Waals surface area contributed by atoms with Gasteiger partial charge in [-0.25, -0.2) is 28.8 Å². The number of nitrogens with one attached hydrogen (secondary N) is 4. The fraction of sp³-hybridized carbons (Fsp3) is 0.600. The van der Waals surface area contributed by atoms with Crippen LogP contribution in [-0.2, 0) is 149 Å². The van der Waals surface area contributed by atoms with E-state index in [1.165, 1.54) is 71.8 Å². The van der Waals surface area contributed by atoms with Crippen molar-refractivity contribution in [2.75, 3.05) is 44.5 Å². The summed E-state index contributed by atoms with van der Waals surface area (Å²) >= 11 is 32.3. The second kappa shape index (κ2) is 37.5. The van der Waals surface area contributed by atoms with Gasteiger partial charge in [0.1, 0.15) is 79.5 Å². The van der Waals surface area contributed by atoms with E-state index < -0.39 is 240 Å². The Labute approximate surface area is 705 Å². The van der Waals surface area contributed by atoms with Crippen molar-refractivity contribution in [3.05, 3.63) is 175 Å². The van der Waals surface area contributed by atoms with Crippen molar-refractivity contribution >= 4 is 123 Å². The van der Waals surface area contributed by atoms with Gasteiger partial charge in [-0.2, -0.15) is 9.97 Å². The molecule has 120 heavy (non-hydrogen) atoms. The largest absolute Gasteiger partial charge is 0.383 e. The van der Waals surface area contributed by atoms with Gasteiger partial charge in [-0.15, -0.1) is 0 Å². The number of rotatable bonds is 33. The molecule has 662 valence electrons. The monoisotopic (exact) mass is 1920 g/mol. The predicted octanol–water partition coefficient (Wildman–Crippen LogP) is -0.852. The van der Waals surface area contributed by atoms with Crippen LogP contribution in [0.2, 0.25) is 0 Å². The number of nitrogen functional groups attached to an aromatic ring is 2. The Morgan fingerprint density at radius 2 is 0.558 bits per heavy atom. The van der Waals surface area contributed by atoms with Crippen LogP contribution in [0.5, 0.6) is 0 Å². The zero-order chi connectivity index (χ0) is 87.5.